The number of nitrogens with zero attached hydrogens (tertiary/aromatic N) is 1. The van der Waals surface area contributed by atoms with Crippen LogP contribution < -0.4 is 10.2 Å². The van der Waals surface area contributed by atoms with E-state index >= 15 is 0 Å². The van der Waals surface area contributed by atoms with Crippen LogP contribution in [0.4, 0.5) is 5.69 Å². The second-order valence-corrected chi connectivity index (χ2v) is 5.25. The molecular formula is C15H24N2. The summed E-state index contributed by atoms with van der Waals surface area (Å²) >= 11 is 0. The molecular weight excluding hydrogens is 208 g/mol. The van der Waals surface area contributed by atoms with E-state index in [4.69, 9.17) is 0 Å². The van der Waals surface area contributed by atoms with Gasteiger partial charge in [0.2, 0.25) is 0 Å². The SMILES string of the molecule is CNC(C)c1ccccc1N(C)CC1CCC1. The molecule has 1 aliphatic rings. The van der Waals surface area contributed by atoms with Crippen LogP contribution in [0.2, 0.25) is 0 Å². The average molecular weight is 232 g/mol. The summed E-state index contributed by atoms with van der Waals surface area (Å²) in [4.78, 5) is 2.42. The van der Waals surface area contributed by atoms with Crippen molar-refractivity contribution in [3.05, 3.63) is 29.8 Å². The van der Waals surface area contributed by atoms with Crippen molar-refractivity contribution >= 4 is 5.69 Å². The van der Waals surface area contributed by atoms with Crippen LogP contribution in [0.3, 0.4) is 0 Å². The zero-order valence-corrected chi connectivity index (χ0v) is 11.2. The maximum atomic E-state index is 3.33. The van der Waals surface area contributed by atoms with Crippen molar-refractivity contribution < 1.29 is 0 Å². The Morgan fingerprint density at radius 1 is 1.35 bits per heavy atom. The molecule has 0 saturated heterocycles. The molecule has 1 fully saturated rings. The largest absolute Gasteiger partial charge is 0.374 e. The first-order chi connectivity index (χ1) is 8.22. The first-order valence-electron chi connectivity index (χ1n) is 6.69. The minimum Gasteiger partial charge on any atom is -0.374 e. The molecule has 1 N–H and O–H groups in total. The number of anilines is 1. The Balaban J connectivity index is 2.12. The third-order valence-corrected chi connectivity index (χ3v) is 4.00. The van der Waals surface area contributed by atoms with E-state index in [9.17, 15) is 0 Å². The van der Waals surface area contributed by atoms with E-state index < -0.39 is 0 Å². The Kier molecular flexibility index (Phi) is 4.06. The van der Waals surface area contributed by atoms with Crippen LogP contribution in [-0.4, -0.2) is 20.6 Å². The molecule has 2 heteroatoms. The molecule has 1 saturated carbocycles. The predicted molar refractivity (Wildman–Crippen MR) is 74.5 cm³/mol. The third-order valence-electron chi connectivity index (χ3n) is 4.00. The molecule has 0 aliphatic heterocycles. The van der Waals surface area contributed by atoms with Gasteiger partial charge in [0.05, 0.1) is 0 Å². The highest BCUT2D eigenvalue weighted by atomic mass is 15.1. The van der Waals surface area contributed by atoms with Crippen molar-refractivity contribution in [2.24, 2.45) is 5.92 Å². The van der Waals surface area contributed by atoms with Gasteiger partial charge in [-0.05, 0) is 44.4 Å². The molecule has 0 aromatic heterocycles. The number of para-hydroxylation sites is 1. The molecule has 0 radical (unpaired) electrons. The maximum absolute atomic E-state index is 3.33. The maximum Gasteiger partial charge on any atom is 0.0412 e. The molecule has 1 unspecified atom stereocenters. The van der Waals surface area contributed by atoms with Crippen molar-refractivity contribution in [1.29, 1.82) is 0 Å². The lowest BCUT2D eigenvalue weighted by molar-refractivity contribution is 0.321. The Morgan fingerprint density at radius 2 is 2.06 bits per heavy atom. The molecule has 1 aliphatic carbocycles. The van der Waals surface area contributed by atoms with E-state index in [2.05, 4.69) is 48.5 Å². The van der Waals surface area contributed by atoms with Gasteiger partial charge < -0.3 is 10.2 Å². The lowest BCUT2D eigenvalue weighted by atomic mass is 9.85. The van der Waals surface area contributed by atoms with Crippen LogP contribution >= 0.6 is 0 Å². The van der Waals surface area contributed by atoms with Gasteiger partial charge in [0.25, 0.3) is 0 Å². The molecule has 1 aromatic rings. The highest BCUT2D eigenvalue weighted by Crippen LogP contribution is 2.31. The first kappa shape index (κ1) is 12.4. The number of hydrogen-bond donors (Lipinski definition) is 1. The van der Waals surface area contributed by atoms with E-state index in [1.807, 2.05) is 7.05 Å². The van der Waals surface area contributed by atoms with Gasteiger partial charge in [-0.15, -0.1) is 0 Å². The normalized spacial score (nSPS) is 17.6. The number of rotatable bonds is 5. The van der Waals surface area contributed by atoms with Gasteiger partial charge in [0.15, 0.2) is 0 Å². The highest BCUT2D eigenvalue weighted by Gasteiger charge is 2.20. The summed E-state index contributed by atoms with van der Waals surface area (Å²) in [5, 5.41) is 3.33. The number of hydrogen-bond acceptors (Lipinski definition) is 2. The zero-order chi connectivity index (χ0) is 12.3. The summed E-state index contributed by atoms with van der Waals surface area (Å²) in [6.07, 6.45) is 4.25. The van der Waals surface area contributed by atoms with Gasteiger partial charge in [-0.2, -0.15) is 0 Å². The minimum absolute atomic E-state index is 0.412. The molecule has 0 bridgehead atoms. The minimum atomic E-state index is 0.412. The molecule has 0 amide bonds. The molecule has 0 spiro atoms. The van der Waals surface area contributed by atoms with Crippen molar-refractivity contribution in [2.75, 3.05) is 25.5 Å². The van der Waals surface area contributed by atoms with Gasteiger partial charge in [-0.3, -0.25) is 0 Å². The summed E-state index contributed by atoms with van der Waals surface area (Å²) in [5.74, 6) is 0.915. The van der Waals surface area contributed by atoms with Gasteiger partial charge >= 0.3 is 0 Å². The van der Waals surface area contributed by atoms with Crippen LogP contribution in [0, 0.1) is 5.92 Å². The fourth-order valence-electron chi connectivity index (χ4n) is 2.52. The summed E-state index contributed by atoms with van der Waals surface area (Å²) < 4.78 is 0. The van der Waals surface area contributed by atoms with Gasteiger partial charge in [0.1, 0.15) is 0 Å². The Labute approximate surface area is 105 Å². The highest BCUT2D eigenvalue weighted by molar-refractivity contribution is 5.54. The van der Waals surface area contributed by atoms with E-state index in [-0.39, 0.29) is 0 Å². The summed E-state index contributed by atoms with van der Waals surface area (Å²) in [6.45, 7) is 3.42. The van der Waals surface area contributed by atoms with Gasteiger partial charge in [0, 0.05) is 25.3 Å². The summed E-state index contributed by atoms with van der Waals surface area (Å²) in [6, 6.07) is 9.15. The van der Waals surface area contributed by atoms with Crippen LogP contribution in [0.15, 0.2) is 24.3 Å². The topological polar surface area (TPSA) is 15.3 Å². The predicted octanol–water partition coefficient (Wildman–Crippen LogP) is 3.20. The summed E-state index contributed by atoms with van der Waals surface area (Å²) in [5.41, 5.74) is 2.78. The smallest absolute Gasteiger partial charge is 0.0412 e. The van der Waals surface area contributed by atoms with Crippen molar-refractivity contribution in [3.63, 3.8) is 0 Å². The van der Waals surface area contributed by atoms with Crippen molar-refractivity contribution in [1.82, 2.24) is 5.32 Å². The lowest BCUT2D eigenvalue weighted by Crippen LogP contribution is -2.30. The molecule has 2 nitrogen and oxygen atoms in total. The first-order valence-corrected chi connectivity index (χ1v) is 6.69. The molecule has 94 valence electrons. The number of benzene rings is 1. The molecule has 0 heterocycles. The third kappa shape index (κ3) is 2.81. The lowest BCUT2D eigenvalue weighted by Gasteiger charge is -2.33. The van der Waals surface area contributed by atoms with E-state index in [1.54, 1.807) is 0 Å². The average Bonchev–Trinajstić information content (AvgIpc) is 2.32. The fourth-order valence-corrected chi connectivity index (χ4v) is 2.52. The van der Waals surface area contributed by atoms with Crippen molar-refractivity contribution in [3.8, 4) is 0 Å². The molecule has 1 atom stereocenters. The standard InChI is InChI=1S/C15H24N2/c1-12(16-2)14-9-4-5-10-15(14)17(3)11-13-7-6-8-13/h4-5,9-10,12-13,16H,6-8,11H2,1-3H3. The quantitative estimate of drug-likeness (QED) is 0.838. The van der Waals surface area contributed by atoms with Crippen LogP contribution in [0.25, 0.3) is 0 Å². The second-order valence-electron chi connectivity index (χ2n) is 5.25. The number of nitrogens with one attached hydrogen (secondary N) is 1. The van der Waals surface area contributed by atoms with E-state index in [0.717, 1.165) is 5.92 Å². The van der Waals surface area contributed by atoms with Crippen LogP contribution in [0.1, 0.15) is 37.8 Å². The Morgan fingerprint density at radius 3 is 2.65 bits per heavy atom. The van der Waals surface area contributed by atoms with Crippen LogP contribution in [0.5, 0.6) is 0 Å². The van der Waals surface area contributed by atoms with E-state index in [0.29, 0.717) is 6.04 Å². The molecule has 2 rings (SSSR count). The van der Waals surface area contributed by atoms with Crippen molar-refractivity contribution in [2.45, 2.75) is 32.2 Å². The van der Waals surface area contributed by atoms with Gasteiger partial charge in [-0.25, -0.2) is 0 Å². The summed E-state index contributed by atoms with van der Waals surface area (Å²) in [7, 11) is 4.24. The monoisotopic (exact) mass is 232 g/mol. The molecule has 1 aromatic carbocycles. The Hall–Kier alpha value is -1.02. The van der Waals surface area contributed by atoms with Gasteiger partial charge in [-0.1, -0.05) is 24.6 Å². The van der Waals surface area contributed by atoms with E-state index in [1.165, 1.54) is 37.1 Å². The second kappa shape index (κ2) is 5.54. The zero-order valence-electron chi connectivity index (χ0n) is 11.2. The Bertz CT molecular complexity index is 358. The fraction of sp³-hybridized carbons (Fsp3) is 0.600. The van der Waals surface area contributed by atoms with Crippen LogP contribution in [-0.2, 0) is 0 Å². The molecule has 17 heavy (non-hydrogen) atoms.